The molecule has 1 aromatic rings. The minimum absolute atomic E-state index is 0.407. The van der Waals surface area contributed by atoms with Gasteiger partial charge in [-0.25, -0.2) is 0 Å². The Kier molecular flexibility index (Phi) is 7.69. The monoisotopic (exact) mass is 281 g/mol. The van der Waals surface area contributed by atoms with Crippen molar-refractivity contribution in [3.8, 4) is 0 Å². The summed E-state index contributed by atoms with van der Waals surface area (Å²) in [6.45, 7) is 6.70. The van der Waals surface area contributed by atoms with E-state index < -0.39 is 0 Å². The van der Waals surface area contributed by atoms with Crippen molar-refractivity contribution in [1.82, 2.24) is 20.8 Å². The Morgan fingerprint density at radius 3 is 2.75 bits per heavy atom. The summed E-state index contributed by atoms with van der Waals surface area (Å²) >= 11 is 0. The first kappa shape index (κ1) is 16.5. The molecule has 0 bridgehead atoms. The highest BCUT2D eigenvalue weighted by Gasteiger charge is 2.07. The summed E-state index contributed by atoms with van der Waals surface area (Å²) in [6, 6.07) is 0.407. The first-order valence-electron chi connectivity index (χ1n) is 7.42. The fourth-order valence-electron chi connectivity index (χ4n) is 1.95. The quantitative estimate of drug-likeness (QED) is 0.435. The number of rotatable bonds is 8. The van der Waals surface area contributed by atoms with Crippen LogP contribution >= 0.6 is 0 Å². The zero-order valence-corrected chi connectivity index (χ0v) is 13.1. The molecule has 0 amide bonds. The van der Waals surface area contributed by atoms with Gasteiger partial charge in [-0.15, -0.1) is 0 Å². The van der Waals surface area contributed by atoms with Crippen molar-refractivity contribution in [2.75, 3.05) is 7.05 Å². The molecule has 20 heavy (non-hydrogen) atoms. The average molecular weight is 281 g/mol. The second kappa shape index (κ2) is 9.34. The van der Waals surface area contributed by atoms with Crippen molar-refractivity contribution in [2.24, 2.45) is 4.99 Å². The van der Waals surface area contributed by atoms with Crippen molar-refractivity contribution in [2.45, 2.75) is 65.5 Å². The number of aliphatic imine (C=N–C) groups is 1. The zero-order valence-electron chi connectivity index (χ0n) is 13.1. The number of aryl methyl sites for hydroxylation is 1. The Morgan fingerprint density at radius 2 is 2.15 bits per heavy atom. The van der Waals surface area contributed by atoms with E-state index in [2.05, 4.69) is 39.6 Å². The first-order chi connectivity index (χ1) is 9.65. The molecule has 0 aliphatic rings. The summed E-state index contributed by atoms with van der Waals surface area (Å²) in [4.78, 5) is 8.35. The van der Waals surface area contributed by atoms with Gasteiger partial charge in [0.2, 0.25) is 5.89 Å². The van der Waals surface area contributed by atoms with Gasteiger partial charge in [0.15, 0.2) is 11.8 Å². The molecule has 114 valence electrons. The van der Waals surface area contributed by atoms with Crippen LogP contribution in [0.15, 0.2) is 9.52 Å². The van der Waals surface area contributed by atoms with E-state index in [1.807, 2.05) is 0 Å². The second-order valence-corrected chi connectivity index (χ2v) is 5.05. The molecule has 0 spiro atoms. The normalized spacial score (nSPS) is 13.3. The Labute approximate surface area is 121 Å². The number of nitrogens with one attached hydrogen (secondary N) is 2. The maximum absolute atomic E-state index is 4.93. The van der Waals surface area contributed by atoms with Gasteiger partial charge >= 0.3 is 0 Å². The molecule has 6 heteroatoms. The number of unbranched alkanes of at least 4 members (excludes halogenated alkanes) is 3. The van der Waals surface area contributed by atoms with Gasteiger partial charge in [-0.3, -0.25) is 4.99 Å². The molecule has 1 heterocycles. The lowest BCUT2D eigenvalue weighted by atomic mass is 10.1. The molecule has 2 N–H and O–H groups in total. The highest BCUT2D eigenvalue weighted by atomic mass is 16.5. The average Bonchev–Trinajstić information content (AvgIpc) is 2.85. The topological polar surface area (TPSA) is 75.3 Å². The van der Waals surface area contributed by atoms with Crippen molar-refractivity contribution < 1.29 is 4.52 Å². The van der Waals surface area contributed by atoms with Crippen LogP contribution in [0.3, 0.4) is 0 Å². The van der Waals surface area contributed by atoms with E-state index in [1.165, 1.54) is 25.7 Å². The molecular formula is C14H27N5O. The molecular weight excluding hydrogens is 254 g/mol. The Bertz CT molecular complexity index is 402. The van der Waals surface area contributed by atoms with E-state index in [0.29, 0.717) is 24.3 Å². The fraction of sp³-hybridized carbons (Fsp3) is 0.786. The first-order valence-corrected chi connectivity index (χ1v) is 7.42. The van der Waals surface area contributed by atoms with Crippen LogP contribution < -0.4 is 10.6 Å². The van der Waals surface area contributed by atoms with Gasteiger partial charge < -0.3 is 15.2 Å². The Hall–Kier alpha value is -1.59. The van der Waals surface area contributed by atoms with Gasteiger partial charge in [0.1, 0.15) is 0 Å². The molecule has 0 aromatic carbocycles. The van der Waals surface area contributed by atoms with E-state index in [1.54, 1.807) is 14.0 Å². The van der Waals surface area contributed by atoms with Crippen molar-refractivity contribution in [3.63, 3.8) is 0 Å². The van der Waals surface area contributed by atoms with Crippen LogP contribution in [-0.4, -0.2) is 29.2 Å². The molecule has 1 aromatic heterocycles. The van der Waals surface area contributed by atoms with Gasteiger partial charge in [-0.1, -0.05) is 37.8 Å². The number of guanidine groups is 1. The third-order valence-corrected chi connectivity index (χ3v) is 3.08. The van der Waals surface area contributed by atoms with Crippen LogP contribution in [0.4, 0.5) is 0 Å². The molecule has 0 saturated carbocycles. The van der Waals surface area contributed by atoms with Crippen LogP contribution in [0.25, 0.3) is 0 Å². The largest absolute Gasteiger partial charge is 0.354 e. The molecule has 0 aliphatic heterocycles. The molecule has 1 unspecified atom stereocenters. The molecule has 0 saturated heterocycles. The lowest BCUT2D eigenvalue weighted by molar-refractivity contribution is 0.386. The van der Waals surface area contributed by atoms with Gasteiger partial charge in [-0.2, -0.15) is 4.98 Å². The SMILES string of the molecule is CCCCCCC(C)NC(=NC)NCc1noc(C)n1. The van der Waals surface area contributed by atoms with Gasteiger partial charge in [0.25, 0.3) is 0 Å². The van der Waals surface area contributed by atoms with Gasteiger partial charge in [0, 0.05) is 20.0 Å². The summed E-state index contributed by atoms with van der Waals surface area (Å²) in [5.41, 5.74) is 0. The van der Waals surface area contributed by atoms with Crippen molar-refractivity contribution >= 4 is 5.96 Å². The number of nitrogens with zero attached hydrogens (tertiary/aromatic N) is 3. The lowest BCUT2D eigenvalue weighted by Crippen LogP contribution is -2.42. The summed E-state index contributed by atoms with van der Waals surface area (Å²) < 4.78 is 4.93. The van der Waals surface area contributed by atoms with Gasteiger partial charge in [-0.05, 0) is 13.3 Å². The van der Waals surface area contributed by atoms with E-state index in [4.69, 9.17) is 4.52 Å². The van der Waals surface area contributed by atoms with Crippen LogP contribution in [-0.2, 0) is 6.54 Å². The smallest absolute Gasteiger partial charge is 0.223 e. The zero-order chi connectivity index (χ0) is 14.8. The number of hydrogen-bond acceptors (Lipinski definition) is 4. The lowest BCUT2D eigenvalue weighted by Gasteiger charge is -2.17. The third kappa shape index (κ3) is 6.54. The predicted octanol–water partition coefficient (Wildman–Crippen LogP) is 2.40. The standard InChI is InChI=1S/C14H27N5O/c1-5-6-7-8-9-11(2)17-14(15-4)16-10-13-18-12(3)20-19-13/h11H,5-10H2,1-4H3,(H2,15,16,17). The molecule has 1 rings (SSSR count). The Balaban J connectivity index is 2.25. The highest BCUT2D eigenvalue weighted by Crippen LogP contribution is 2.05. The van der Waals surface area contributed by atoms with E-state index in [0.717, 1.165) is 12.4 Å². The molecule has 1 atom stereocenters. The maximum Gasteiger partial charge on any atom is 0.223 e. The molecule has 6 nitrogen and oxygen atoms in total. The van der Waals surface area contributed by atoms with Crippen LogP contribution in [0.5, 0.6) is 0 Å². The number of hydrogen-bond donors (Lipinski definition) is 2. The maximum atomic E-state index is 4.93. The van der Waals surface area contributed by atoms with Crippen molar-refractivity contribution in [3.05, 3.63) is 11.7 Å². The van der Waals surface area contributed by atoms with Crippen LogP contribution in [0.1, 0.15) is 57.7 Å². The van der Waals surface area contributed by atoms with Gasteiger partial charge in [0.05, 0.1) is 6.54 Å². The number of aromatic nitrogens is 2. The summed E-state index contributed by atoms with van der Waals surface area (Å²) in [5, 5.41) is 10.4. The predicted molar refractivity (Wildman–Crippen MR) is 80.6 cm³/mol. The third-order valence-electron chi connectivity index (χ3n) is 3.08. The minimum Gasteiger partial charge on any atom is -0.354 e. The fourth-order valence-corrected chi connectivity index (χ4v) is 1.95. The van der Waals surface area contributed by atoms with E-state index in [9.17, 15) is 0 Å². The van der Waals surface area contributed by atoms with Crippen LogP contribution in [0, 0.1) is 6.92 Å². The second-order valence-electron chi connectivity index (χ2n) is 5.05. The minimum atomic E-state index is 0.407. The van der Waals surface area contributed by atoms with E-state index in [-0.39, 0.29) is 0 Å². The summed E-state index contributed by atoms with van der Waals surface area (Å²) in [6.07, 6.45) is 6.30. The summed E-state index contributed by atoms with van der Waals surface area (Å²) in [7, 11) is 1.76. The highest BCUT2D eigenvalue weighted by molar-refractivity contribution is 5.79. The Morgan fingerprint density at radius 1 is 1.35 bits per heavy atom. The van der Waals surface area contributed by atoms with E-state index >= 15 is 0 Å². The van der Waals surface area contributed by atoms with Crippen LogP contribution in [0.2, 0.25) is 0 Å². The molecule has 0 aliphatic carbocycles. The summed E-state index contributed by atoms with van der Waals surface area (Å²) in [5.74, 6) is 1.99. The van der Waals surface area contributed by atoms with Crippen molar-refractivity contribution in [1.29, 1.82) is 0 Å². The molecule has 0 fully saturated rings. The molecule has 0 radical (unpaired) electrons.